The standard InChI is InChI=1S/C3H7NO.H2O/c1-3(5)2-4-3;/h4-5H,2H2,1H3;1H2. The summed E-state index contributed by atoms with van der Waals surface area (Å²) in [5.41, 5.74) is -0.500. The van der Waals surface area contributed by atoms with Crippen LogP contribution in [-0.4, -0.2) is 22.9 Å². The Balaban J connectivity index is 0.000000250. The fourth-order valence-corrected chi connectivity index (χ4v) is 0.128. The smallest absolute Gasteiger partial charge is 0.125 e. The van der Waals surface area contributed by atoms with Crippen molar-refractivity contribution in [1.29, 1.82) is 0 Å². The molecule has 38 valence electrons. The van der Waals surface area contributed by atoms with E-state index in [0.717, 1.165) is 6.54 Å². The van der Waals surface area contributed by atoms with Crippen LogP contribution >= 0.6 is 0 Å². The van der Waals surface area contributed by atoms with Gasteiger partial charge < -0.3 is 10.6 Å². The summed E-state index contributed by atoms with van der Waals surface area (Å²) in [6.45, 7) is 2.50. The minimum atomic E-state index is -0.500. The third-order valence-electron chi connectivity index (χ3n) is 0.688. The molecule has 3 nitrogen and oxygen atoms in total. The van der Waals surface area contributed by atoms with E-state index in [-0.39, 0.29) is 5.48 Å². The van der Waals surface area contributed by atoms with Crippen LogP contribution in [-0.2, 0) is 0 Å². The fourth-order valence-electron chi connectivity index (χ4n) is 0.128. The highest BCUT2D eigenvalue weighted by atomic mass is 16.3. The molecule has 0 aromatic carbocycles. The number of β-amino-alcohol motifs (C(OH)–C–C–N with tert-alkyl or cyclic N) is 1. The van der Waals surface area contributed by atoms with Gasteiger partial charge in [-0.25, -0.2) is 0 Å². The number of hydrogen-bond donors (Lipinski definition) is 2. The van der Waals surface area contributed by atoms with Crippen LogP contribution in [0.1, 0.15) is 6.92 Å². The molecule has 0 spiro atoms. The lowest BCUT2D eigenvalue weighted by molar-refractivity contribution is 0.166. The van der Waals surface area contributed by atoms with Crippen molar-refractivity contribution in [3.63, 3.8) is 0 Å². The molecule has 0 saturated carbocycles. The number of nitrogens with one attached hydrogen (secondary N) is 1. The van der Waals surface area contributed by atoms with Crippen molar-refractivity contribution < 1.29 is 10.6 Å². The summed E-state index contributed by atoms with van der Waals surface area (Å²) < 4.78 is 0. The van der Waals surface area contributed by atoms with Crippen molar-refractivity contribution in [3.8, 4) is 0 Å². The summed E-state index contributed by atoms with van der Waals surface area (Å²) in [7, 11) is 0. The maximum Gasteiger partial charge on any atom is 0.125 e. The van der Waals surface area contributed by atoms with E-state index in [0.29, 0.717) is 0 Å². The zero-order chi connectivity index (χ0) is 3.91. The Bertz CT molecular complexity index is 46.8. The number of aliphatic hydroxyl groups is 1. The highest BCUT2D eigenvalue weighted by Gasteiger charge is 2.32. The molecule has 0 radical (unpaired) electrons. The second kappa shape index (κ2) is 1.18. The van der Waals surface area contributed by atoms with Crippen LogP contribution in [0.4, 0.5) is 0 Å². The van der Waals surface area contributed by atoms with Crippen LogP contribution in [0.15, 0.2) is 0 Å². The van der Waals surface area contributed by atoms with E-state index in [1.165, 1.54) is 0 Å². The molecular formula is C3H9NO2. The minimum Gasteiger partial charge on any atom is -0.412 e. The van der Waals surface area contributed by atoms with E-state index < -0.39 is 5.72 Å². The zero-order valence-corrected chi connectivity index (χ0v) is 3.65. The van der Waals surface area contributed by atoms with Gasteiger partial charge in [0.1, 0.15) is 5.72 Å². The molecule has 1 aliphatic heterocycles. The summed E-state index contributed by atoms with van der Waals surface area (Å²) in [6, 6.07) is 0. The summed E-state index contributed by atoms with van der Waals surface area (Å²) in [4.78, 5) is 0. The Labute approximate surface area is 36.3 Å². The molecule has 1 saturated heterocycles. The number of hydrogen-bond acceptors (Lipinski definition) is 2. The molecule has 1 rings (SSSR count). The van der Waals surface area contributed by atoms with Crippen molar-refractivity contribution in [2.24, 2.45) is 0 Å². The van der Waals surface area contributed by atoms with Gasteiger partial charge in [0, 0.05) is 6.54 Å². The van der Waals surface area contributed by atoms with Gasteiger partial charge in [-0.1, -0.05) is 0 Å². The van der Waals surface area contributed by atoms with Crippen molar-refractivity contribution >= 4 is 0 Å². The molecule has 0 aromatic rings. The maximum atomic E-state index is 8.52. The largest absolute Gasteiger partial charge is 0.412 e. The van der Waals surface area contributed by atoms with Gasteiger partial charge in [0.2, 0.25) is 0 Å². The SMILES string of the molecule is CC1(O)CN1.O. The minimum absolute atomic E-state index is 0. The monoisotopic (exact) mass is 91.1 g/mol. The second-order valence-electron chi connectivity index (χ2n) is 1.63. The molecule has 0 aromatic heterocycles. The molecule has 1 unspecified atom stereocenters. The van der Waals surface area contributed by atoms with Gasteiger partial charge in [-0.05, 0) is 6.92 Å². The molecular weight excluding hydrogens is 82.0 g/mol. The normalized spacial score (nSPS) is 41.0. The van der Waals surface area contributed by atoms with E-state index in [1.54, 1.807) is 6.92 Å². The molecule has 0 bridgehead atoms. The van der Waals surface area contributed by atoms with Crippen molar-refractivity contribution in [2.45, 2.75) is 12.6 Å². The summed E-state index contributed by atoms with van der Waals surface area (Å²) >= 11 is 0. The first-order valence-electron chi connectivity index (χ1n) is 1.68. The number of rotatable bonds is 0. The van der Waals surface area contributed by atoms with Gasteiger partial charge >= 0.3 is 0 Å². The Morgan fingerprint density at radius 2 is 2.00 bits per heavy atom. The second-order valence-corrected chi connectivity index (χ2v) is 1.63. The summed E-state index contributed by atoms with van der Waals surface area (Å²) in [5.74, 6) is 0. The fraction of sp³-hybridized carbons (Fsp3) is 1.00. The summed E-state index contributed by atoms with van der Waals surface area (Å²) in [5, 5.41) is 11.2. The Hall–Kier alpha value is -0.120. The molecule has 1 atom stereocenters. The van der Waals surface area contributed by atoms with Gasteiger partial charge in [-0.2, -0.15) is 0 Å². The molecule has 1 fully saturated rings. The molecule has 6 heavy (non-hydrogen) atoms. The maximum absolute atomic E-state index is 8.52. The Morgan fingerprint density at radius 1 is 1.83 bits per heavy atom. The highest BCUT2D eigenvalue weighted by Crippen LogP contribution is 2.07. The van der Waals surface area contributed by atoms with Crippen molar-refractivity contribution in [3.05, 3.63) is 0 Å². The molecule has 0 aliphatic carbocycles. The van der Waals surface area contributed by atoms with Crippen LogP contribution in [0.25, 0.3) is 0 Å². The van der Waals surface area contributed by atoms with E-state index >= 15 is 0 Å². The molecule has 0 amide bonds. The first-order valence-corrected chi connectivity index (χ1v) is 1.68. The van der Waals surface area contributed by atoms with Gasteiger partial charge in [0.05, 0.1) is 0 Å². The third-order valence-corrected chi connectivity index (χ3v) is 0.688. The summed E-state index contributed by atoms with van der Waals surface area (Å²) in [6.07, 6.45) is 0. The van der Waals surface area contributed by atoms with Gasteiger partial charge in [-0.15, -0.1) is 0 Å². The van der Waals surface area contributed by atoms with Crippen molar-refractivity contribution in [1.82, 2.24) is 5.32 Å². The van der Waals surface area contributed by atoms with Gasteiger partial charge in [0.15, 0.2) is 0 Å². The van der Waals surface area contributed by atoms with Crippen molar-refractivity contribution in [2.75, 3.05) is 6.54 Å². The average Bonchev–Trinajstić information content (AvgIpc) is 1.76. The van der Waals surface area contributed by atoms with Crippen LogP contribution in [0.3, 0.4) is 0 Å². The first kappa shape index (κ1) is 5.88. The molecule has 1 aliphatic rings. The van der Waals surface area contributed by atoms with Crippen LogP contribution in [0.5, 0.6) is 0 Å². The van der Waals surface area contributed by atoms with Gasteiger partial charge in [0.25, 0.3) is 0 Å². The Kier molecular flexibility index (Phi) is 1.16. The topological polar surface area (TPSA) is 73.7 Å². The molecule has 3 heteroatoms. The predicted octanol–water partition coefficient (Wildman–Crippen LogP) is -1.53. The Morgan fingerprint density at radius 3 is 2.00 bits per heavy atom. The predicted molar refractivity (Wildman–Crippen MR) is 22.2 cm³/mol. The lowest BCUT2D eigenvalue weighted by atomic mass is 10.5. The van der Waals surface area contributed by atoms with E-state index in [4.69, 9.17) is 5.11 Å². The zero-order valence-electron chi connectivity index (χ0n) is 3.65. The lowest BCUT2D eigenvalue weighted by Gasteiger charge is -1.84. The molecule has 4 N–H and O–H groups in total. The van der Waals surface area contributed by atoms with Crippen LogP contribution in [0, 0.1) is 0 Å². The third kappa shape index (κ3) is 1.35. The van der Waals surface area contributed by atoms with E-state index in [2.05, 4.69) is 5.32 Å². The quantitative estimate of drug-likeness (QED) is 0.355. The van der Waals surface area contributed by atoms with E-state index in [9.17, 15) is 0 Å². The van der Waals surface area contributed by atoms with Crippen LogP contribution < -0.4 is 5.32 Å². The highest BCUT2D eigenvalue weighted by molar-refractivity contribution is 4.86. The molecule has 1 heterocycles. The van der Waals surface area contributed by atoms with Crippen LogP contribution in [0.2, 0.25) is 0 Å². The van der Waals surface area contributed by atoms with E-state index in [1.807, 2.05) is 0 Å². The lowest BCUT2D eigenvalue weighted by Crippen LogP contribution is -2.04. The average molecular weight is 91.1 g/mol. The first-order chi connectivity index (χ1) is 2.21. The van der Waals surface area contributed by atoms with Gasteiger partial charge in [-0.3, -0.25) is 5.32 Å².